The lowest BCUT2D eigenvalue weighted by Gasteiger charge is -2.22. The van der Waals surface area contributed by atoms with Gasteiger partial charge in [-0.05, 0) is 43.4 Å². The zero-order valence-corrected chi connectivity index (χ0v) is 15.7. The van der Waals surface area contributed by atoms with Gasteiger partial charge in [0.15, 0.2) is 11.5 Å². The van der Waals surface area contributed by atoms with Crippen molar-refractivity contribution in [1.29, 1.82) is 0 Å². The second-order valence-electron chi connectivity index (χ2n) is 6.37. The molecule has 1 aromatic carbocycles. The molecule has 0 aliphatic heterocycles. The Morgan fingerprint density at radius 3 is 2.42 bits per heavy atom. The molecule has 0 aromatic heterocycles. The number of ether oxygens (including phenoxy) is 4. The van der Waals surface area contributed by atoms with Crippen LogP contribution >= 0.6 is 0 Å². The van der Waals surface area contributed by atoms with Gasteiger partial charge in [-0.3, -0.25) is 9.59 Å². The Kier molecular flexibility index (Phi) is 7.26. The number of benzene rings is 1. The van der Waals surface area contributed by atoms with E-state index in [2.05, 4.69) is 5.32 Å². The zero-order valence-electron chi connectivity index (χ0n) is 15.7. The first-order valence-corrected chi connectivity index (χ1v) is 8.69. The summed E-state index contributed by atoms with van der Waals surface area (Å²) in [6, 6.07) is 4.70. The number of hydrogen-bond acceptors (Lipinski definition) is 6. The van der Waals surface area contributed by atoms with Crippen molar-refractivity contribution in [2.45, 2.75) is 38.3 Å². The van der Waals surface area contributed by atoms with E-state index in [1.807, 2.05) is 0 Å². The first kappa shape index (κ1) is 20.0. The van der Waals surface area contributed by atoms with Crippen LogP contribution in [0.1, 0.15) is 37.8 Å². The maximum atomic E-state index is 12.5. The number of nitrogens with one attached hydrogen (secondary N) is 1. The summed E-state index contributed by atoms with van der Waals surface area (Å²) < 4.78 is 20.9. The quantitative estimate of drug-likeness (QED) is 0.640. The summed E-state index contributed by atoms with van der Waals surface area (Å²) in [5.74, 6) is 0.973. The standard InChI is InChI=1S/C19H27NO6/c1-12(26-11-13-5-6-13)19(22)20-15(10-18(21)25-4)14-7-8-16(23-2)17(9-14)24-3/h7-9,12-13,15H,5-6,10-11H2,1-4H3,(H,20,22). The van der Waals surface area contributed by atoms with Crippen LogP contribution in [0.2, 0.25) is 0 Å². The van der Waals surface area contributed by atoms with Crippen molar-refractivity contribution in [2.75, 3.05) is 27.9 Å². The van der Waals surface area contributed by atoms with Crippen molar-refractivity contribution in [1.82, 2.24) is 5.32 Å². The second-order valence-corrected chi connectivity index (χ2v) is 6.37. The van der Waals surface area contributed by atoms with E-state index in [4.69, 9.17) is 18.9 Å². The topological polar surface area (TPSA) is 83.1 Å². The number of hydrogen-bond donors (Lipinski definition) is 1. The molecule has 2 atom stereocenters. The predicted octanol–water partition coefficient (Wildman–Crippen LogP) is 2.24. The van der Waals surface area contributed by atoms with Gasteiger partial charge in [-0.1, -0.05) is 6.07 Å². The van der Waals surface area contributed by atoms with Crippen LogP contribution in [0, 0.1) is 5.92 Å². The lowest BCUT2D eigenvalue weighted by atomic mass is 10.0. The predicted molar refractivity (Wildman–Crippen MR) is 95.2 cm³/mol. The highest BCUT2D eigenvalue weighted by Crippen LogP contribution is 2.31. The van der Waals surface area contributed by atoms with E-state index < -0.39 is 18.1 Å². The third kappa shape index (κ3) is 5.62. The lowest BCUT2D eigenvalue weighted by molar-refractivity contribution is -0.141. The number of carbonyl (C=O) groups is 2. The van der Waals surface area contributed by atoms with E-state index in [0.717, 1.165) is 18.4 Å². The zero-order chi connectivity index (χ0) is 19.1. The molecule has 0 spiro atoms. The minimum atomic E-state index is -0.587. The van der Waals surface area contributed by atoms with Crippen LogP contribution in [-0.4, -0.2) is 45.9 Å². The van der Waals surface area contributed by atoms with Gasteiger partial charge in [-0.25, -0.2) is 0 Å². The van der Waals surface area contributed by atoms with Gasteiger partial charge < -0.3 is 24.3 Å². The minimum Gasteiger partial charge on any atom is -0.493 e. The molecule has 2 unspecified atom stereocenters. The fraction of sp³-hybridized carbons (Fsp3) is 0.579. The molecule has 26 heavy (non-hydrogen) atoms. The van der Waals surface area contributed by atoms with Crippen molar-refractivity contribution >= 4 is 11.9 Å². The van der Waals surface area contributed by atoms with Crippen LogP contribution in [0.4, 0.5) is 0 Å². The van der Waals surface area contributed by atoms with Crippen LogP contribution < -0.4 is 14.8 Å². The Morgan fingerprint density at radius 2 is 1.85 bits per heavy atom. The van der Waals surface area contributed by atoms with Gasteiger partial charge in [0.05, 0.1) is 40.4 Å². The number of amides is 1. The maximum Gasteiger partial charge on any atom is 0.307 e. The average Bonchev–Trinajstić information content (AvgIpc) is 3.49. The molecule has 1 fully saturated rings. The van der Waals surface area contributed by atoms with Crippen molar-refractivity contribution < 1.29 is 28.5 Å². The average molecular weight is 365 g/mol. The Hall–Kier alpha value is -2.28. The van der Waals surface area contributed by atoms with Crippen LogP contribution in [0.3, 0.4) is 0 Å². The van der Waals surface area contributed by atoms with E-state index in [1.54, 1.807) is 32.2 Å². The number of methoxy groups -OCH3 is 3. The molecule has 0 bridgehead atoms. The smallest absolute Gasteiger partial charge is 0.307 e. The van der Waals surface area contributed by atoms with Crippen molar-refractivity contribution in [3.63, 3.8) is 0 Å². The third-order valence-corrected chi connectivity index (χ3v) is 4.37. The number of rotatable bonds is 10. The van der Waals surface area contributed by atoms with E-state index >= 15 is 0 Å². The molecule has 1 aromatic rings. The summed E-state index contributed by atoms with van der Waals surface area (Å²) in [5.41, 5.74) is 0.718. The van der Waals surface area contributed by atoms with Gasteiger partial charge >= 0.3 is 5.97 Å². The number of esters is 1. The molecule has 1 aliphatic carbocycles. The van der Waals surface area contributed by atoms with Gasteiger partial charge in [0.2, 0.25) is 5.91 Å². The molecule has 1 saturated carbocycles. The van der Waals surface area contributed by atoms with Gasteiger partial charge in [-0.15, -0.1) is 0 Å². The van der Waals surface area contributed by atoms with Crippen molar-refractivity contribution in [2.24, 2.45) is 5.92 Å². The molecule has 2 rings (SSSR count). The third-order valence-electron chi connectivity index (χ3n) is 4.37. The SMILES string of the molecule is COC(=O)CC(NC(=O)C(C)OCC1CC1)c1ccc(OC)c(OC)c1. The molecular formula is C19H27NO6. The highest BCUT2D eigenvalue weighted by molar-refractivity contribution is 5.81. The Labute approximate surface area is 153 Å². The van der Waals surface area contributed by atoms with E-state index in [-0.39, 0.29) is 12.3 Å². The Bertz CT molecular complexity index is 628. The molecule has 1 amide bonds. The monoisotopic (exact) mass is 365 g/mol. The first-order chi connectivity index (χ1) is 12.5. The van der Waals surface area contributed by atoms with Crippen LogP contribution in [0.25, 0.3) is 0 Å². The fourth-order valence-electron chi connectivity index (χ4n) is 2.50. The highest BCUT2D eigenvalue weighted by Gasteiger charge is 2.26. The van der Waals surface area contributed by atoms with Gasteiger partial charge in [0, 0.05) is 0 Å². The van der Waals surface area contributed by atoms with E-state index in [1.165, 1.54) is 14.2 Å². The molecule has 0 saturated heterocycles. The fourth-order valence-corrected chi connectivity index (χ4v) is 2.50. The van der Waals surface area contributed by atoms with Crippen molar-refractivity contribution in [3.8, 4) is 11.5 Å². The Morgan fingerprint density at radius 1 is 1.15 bits per heavy atom. The summed E-state index contributed by atoms with van der Waals surface area (Å²) in [4.78, 5) is 24.2. The van der Waals surface area contributed by atoms with Crippen LogP contribution in [0.5, 0.6) is 11.5 Å². The highest BCUT2D eigenvalue weighted by atomic mass is 16.5. The van der Waals surface area contributed by atoms with E-state index in [0.29, 0.717) is 24.0 Å². The first-order valence-electron chi connectivity index (χ1n) is 8.69. The van der Waals surface area contributed by atoms with Gasteiger partial charge in [0.1, 0.15) is 6.10 Å². The molecular weight excluding hydrogens is 338 g/mol. The maximum absolute atomic E-state index is 12.5. The molecule has 144 valence electrons. The molecule has 1 aliphatic rings. The van der Waals surface area contributed by atoms with E-state index in [9.17, 15) is 9.59 Å². The summed E-state index contributed by atoms with van der Waals surface area (Å²) in [7, 11) is 4.39. The lowest BCUT2D eigenvalue weighted by Crippen LogP contribution is -2.38. The largest absolute Gasteiger partial charge is 0.493 e. The number of carbonyl (C=O) groups excluding carboxylic acids is 2. The molecule has 0 heterocycles. The van der Waals surface area contributed by atoms with Gasteiger partial charge in [-0.2, -0.15) is 0 Å². The summed E-state index contributed by atoms with van der Waals surface area (Å²) in [5, 5.41) is 2.87. The second kappa shape index (κ2) is 9.43. The molecule has 7 heteroatoms. The molecule has 7 nitrogen and oxygen atoms in total. The summed E-state index contributed by atoms with van der Waals surface area (Å²) in [6.45, 7) is 2.30. The van der Waals surface area contributed by atoms with Crippen LogP contribution in [0.15, 0.2) is 18.2 Å². The van der Waals surface area contributed by atoms with Gasteiger partial charge in [0.25, 0.3) is 0 Å². The minimum absolute atomic E-state index is 0.00701. The molecule has 1 N–H and O–H groups in total. The molecule has 0 radical (unpaired) electrons. The summed E-state index contributed by atoms with van der Waals surface area (Å²) >= 11 is 0. The summed E-state index contributed by atoms with van der Waals surface area (Å²) in [6.07, 6.45) is 1.74. The van der Waals surface area contributed by atoms with Crippen LogP contribution in [-0.2, 0) is 19.1 Å². The normalized spacial score (nSPS) is 15.7. The Balaban J connectivity index is 2.11. The van der Waals surface area contributed by atoms with Crippen molar-refractivity contribution in [3.05, 3.63) is 23.8 Å².